The third-order valence-corrected chi connectivity index (χ3v) is 3.76. The Morgan fingerprint density at radius 2 is 2.08 bits per heavy atom. The number of hydrogen-bond acceptors (Lipinski definition) is 4. The summed E-state index contributed by atoms with van der Waals surface area (Å²) in [4.78, 5) is 24.1. The van der Waals surface area contributed by atoms with E-state index in [1.807, 2.05) is 30.5 Å². The normalized spacial score (nSPS) is 10.8. The first-order valence-electron chi connectivity index (χ1n) is 7.50. The summed E-state index contributed by atoms with van der Waals surface area (Å²) in [5.41, 5.74) is 2.89. The molecule has 0 saturated carbocycles. The van der Waals surface area contributed by atoms with Gasteiger partial charge in [0.25, 0.3) is 5.91 Å². The van der Waals surface area contributed by atoms with Crippen molar-refractivity contribution < 1.29 is 9.21 Å². The standard InChI is InChI=1S/C18H14N4O2/c23-18(13-3-4-14-12(10-13)5-6-19-14)22-11-15-17(21-8-7-20-15)16-2-1-9-24-16/h1-10,19H,11H2,(H,22,23). The number of hydrogen-bond donors (Lipinski definition) is 2. The second-order valence-corrected chi connectivity index (χ2v) is 5.29. The van der Waals surface area contributed by atoms with E-state index in [0.29, 0.717) is 22.7 Å². The molecule has 2 N–H and O–H groups in total. The highest BCUT2D eigenvalue weighted by Crippen LogP contribution is 2.20. The first kappa shape index (κ1) is 14.2. The molecule has 0 aliphatic rings. The van der Waals surface area contributed by atoms with Crippen LogP contribution in [0.1, 0.15) is 16.1 Å². The average Bonchev–Trinajstić information content (AvgIpc) is 3.30. The van der Waals surface area contributed by atoms with Gasteiger partial charge in [0, 0.05) is 35.1 Å². The Labute approximate surface area is 137 Å². The fraction of sp³-hybridized carbons (Fsp3) is 0.0556. The van der Waals surface area contributed by atoms with Crippen LogP contribution in [-0.4, -0.2) is 20.9 Å². The number of H-pyrrole nitrogens is 1. The van der Waals surface area contributed by atoms with Crippen LogP contribution in [0.2, 0.25) is 0 Å². The fourth-order valence-electron chi connectivity index (χ4n) is 2.58. The lowest BCUT2D eigenvalue weighted by Gasteiger charge is -2.07. The van der Waals surface area contributed by atoms with Crippen LogP contribution in [0, 0.1) is 0 Å². The summed E-state index contributed by atoms with van der Waals surface area (Å²) in [5.74, 6) is 0.468. The summed E-state index contributed by atoms with van der Waals surface area (Å²) in [6, 6.07) is 11.1. The van der Waals surface area contributed by atoms with Crippen molar-refractivity contribution in [3.8, 4) is 11.5 Å². The van der Waals surface area contributed by atoms with E-state index in [1.165, 1.54) is 0 Å². The zero-order valence-electron chi connectivity index (χ0n) is 12.7. The average molecular weight is 318 g/mol. The smallest absolute Gasteiger partial charge is 0.251 e. The Balaban J connectivity index is 1.53. The molecule has 24 heavy (non-hydrogen) atoms. The molecular formula is C18H14N4O2. The van der Waals surface area contributed by atoms with Gasteiger partial charge in [0.2, 0.25) is 0 Å². The first-order valence-corrected chi connectivity index (χ1v) is 7.50. The number of aromatic amines is 1. The van der Waals surface area contributed by atoms with E-state index in [0.717, 1.165) is 10.9 Å². The lowest BCUT2D eigenvalue weighted by atomic mass is 10.1. The van der Waals surface area contributed by atoms with E-state index in [4.69, 9.17) is 4.42 Å². The van der Waals surface area contributed by atoms with Gasteiger partial charge in [-0.3, -0.25) is 9.78 Å². The van der Waals surface area contributed by atoms with Gasteiger partial charge in [-0.05, 0) is 36.4 Å². The van der Waals surface area contributed by atoms with Gasteiger partial charge in [0.1, 0.15) is 5.69 Å². The topological polar surface area (TPSA) is 83.8 Å². The van der Waals surface area contributed by atoms with Crippen LogP contribution in [0.25, 0.3) is 22.4 Å². The molecule has 1 aromatic carbocycles. The highest BCUT2D eigenvalue weighted by Gasteiger charge is 2.12. The van der Waals surface area contributed by atoms with E-state index in [2.05, 4.69) is 20.3 Å². The van der Waals surface area contributed by atoms with E-state index in [9.17, 15) is 4.79 Å². The molecule has 3 heterocycles. The molecule has 0 radical (unpaired) electrons. The summed E-state index contributed by atoms with van der Waals surface area (Å²) >= 11 is 0. The van der Waals surface area contributed by atoms with Crippen LogP contribution in [0.15, 0.2) is 65.7 Å². The number of benzene rings is 1. The molecule has 0 atom stereocenters. The summed E-state index contributed by atoms with van der Waals surface area (Å²) in [6.07, 6.45) is 6.63. The van der Waals surface area contributed by atoms with Crippen LogP contribution in [0.3, 0.4) is 0 Å². The second-order valence-electron chi connectivity index (χ2n) is 5.29. The van der Waals surface area contributed by atoms with E-state index in [-0.39, 0.29) is 12.5 Å². The summed E-state index contributed by atoms with van der Waals surface area (Å²) < 4.78 is 5.37. The molecule has 0 bridgehead atoms. The van der Waals surface area contributed by atoms with Crippen molar-refractivity contribution in [2.75, 3.05) is 0 Å². The third-order valence-electron chi connectivity index (χ3n) is 3.76. The molecule has 4 rings (SSSR count). The van der Waals surface area contributed by atoms with E-state index in [1.54, 1.807) is 30.8 Å². The Hall–Kier alpha value is -3.41. The number of amides is 1. The number of fused-ring (bicyclic) bond motifs is 1. The highest BCUT2D eigenvalue weighted by atomic mass is 16.3. The molecule has 6 heteroatoms. The van der Waals surface area contributed by atoms with Crippen molar-refractivity contribution >= 4 is 16.8 Å². The molecule has 0 aliphatic heterocycles. The minimum Gasteiger partial charge on any atom is -0.463 e. The van der Waals surface area contributed by atoms with Crippen molar-refractivity contribution in [1.82, 2.24) is 20.3 Å². The molecule has 0 spiro atoms. The Kier molecular flexibility index (Phi) is 3.55. The molecule has 4 aromatic rings. The molecule has 0 saturated heterocycles. The summed E-state index contributed by atoms with van der Waals surface area (Å²) in [6.45, 7) is 0.272. The maximum absolute atomic E-state index is 12.4. The quantitative estimate of drug-likeness (QED) is 0.605. The van der Waals surface area contributed by atoms with Crippen molar-refractivity contribution in [1.29, 1.82) is 0 Å². The van der Waals surface area contributed by atoms with Gasteiger partial charge in [0.15, 0.2) is 5.76 Å². The van der Waals surface area contributed by atoms with Gasteiger partial charge in [-0.15, -0.1) is 0 Å². The van der Waals surface area contributed by atoms with Gasteiger partial charge < -0.3 is 14.7 Å². The maximum Gasteiger partial charge on any atom is 0.251 e. The lowest BCUT2D eigenvalue weighted by Crippen LogP contribution is -2.23. The number of nitrogens with one attached hydrogen (secondary N) is 2. The number of carbonyl (C=O) groups excluding carboxylic acids is 1. The van der Waals surface area contributed by atoms with E-state index < -0.39 is 0 Å². The number of rotatable bonds is 4. The van der Waals surface area contributed by atoms with Crippen LogP contribution in [0.5, 0.6) is 0 Å². The monoisotopic (exact) mass is 318 g/mol. The van der Waals surface area contributed by atoms with Crippen molar-refractivity contribution in [3.63, 3.8) is 0 Å². The molecule has 6 nitrogen and oxygen atoms in total. The SMILES string of the molecule is O=C(NCc1nccnc1-c1ccco1)c1ccc2[nH]ccc2c1. The van der Waals surface area contributed by atoms with Gasteiger partial charge in [-0.2, -0.15) is 0 Å². The molecule has 0 fully saturated rings. The first-order chi connectivity index (χ1) is 11.8. The predicted octanol–water partition coefficient (Wildman–Crippen LogP) is 3.15. The highest BCUT2D eigenvalue weighted by molar-refractivity contribution is 5.98. The van der Waals surface area contributed by atoms with Gasteiger partial charge >= 0.3 is 0 Å². The second kappa shape index (κ2) is 6.00. The third kappa shape index (κ3) is 2.65. The van der Waals surface area contributed by atoms with Crippen molar-refractivity contribution in [2.24, 2.45) is 0 Å². The molecule has 0 aliphatic carbocycles. The molecular weight excluding hydrogens is 304 g/mol. The Bertz CT molecular complexity index is 989. The fourth-order valence-corrected chi connectivity index (χ4v) is 2.58. The number of carbonyl (C=O) groups is 1. The molecule has 3 aromatic heterocycles. The number of aromatic nitrogens is 3. The summed E-state index contributed by atoms with van der Waals surface area (Å²) in [7, 11) is 0. The van der Waals surface area contributed by atoms with Crippen LogP contribution in [0.4, 0.5) is 0 Å². The van der Waals surface area contributed by atoms with Crippen LogP contribution < -0.4 is 5.32 Å². The van der Waals surface area contributed by atoms with Crippen LogP contribution in [-0.2, 0) is 6.54 Å². The predicted molar refractivity (Wildman–Crippen MR) is 89.2 cm³/mol. The molecule has 118 valence electrons. The molecule has 1 amide bonds. The summed E-state index contributed by atoms with van der Waals surface area (Å²) in [5, 5.41) is 3.88. The van der Waals surface area contributed by atoms with Crippen molar-refractivity contribution in [2.45, 2.75) is 6.54 Å². The minimum atomic E-state index is -0.158. The zero-order chi connectivity index (χ0) is 16.4. The van der Waals surface area contributed by atoms with Crippen molar-refractivity contribution in [3.05, 3.63) is 72.5 Å². The van der Waals surface area contributed by atoms with Gasteiger partial charge in [-0.25, -0.2) is 4.98 Å². The van der Waals surface area contributed by atoms with E-state index >= 15 is 0 Å². The maximum atomic E-state index is 12.4. The van der Waals surface area contributed by atoms with Crippen LogP contribution >= 0.6 is 0 Å². The number of furan rings is 1. The zero-order valence-corrected chi connectivity index (χ0v) is 12.7. The van der Waals surface area contributed by atoms with Gasteiger partial charge in [-0.1, -0.05) is 0 Å². The minimum absolute atomic E-state index is 0.158. The van der Waals surface area contributed by atoms with Gasteiger partial charge in [0.05, 0.1) is 18.5 Å². The molecule has 0 unspecified atom stereocenters. The Morgan fingerprint density at radius 3 is 2.96 bits per heavy atom. The largest absolute Gasteiger partial charge is 0.463 e. The lowest BCUT2D eigenvalue weighted by molar-refractivity contribution is 0.0950. The number of nitrogens with zero attached hydrogens (tertiary/aromatic N) is 2. The Morgan fingerprint density at radius 1 is 1.17 bits per heavy atom.